The van der Waals surface area contributed by atoms with E-state index in [9.17, 15) is 0 Å². The molecule has 2 heterocycles. The van der Waals surface area contributed by atoms with Crippen molar-refractivity contribution >= 4 is 60.9 Å². The average molecular weight is 694 g/mol. The van der Waals surface area contributed by atoms with E-state index in [4.69, 9.17) is 8.83 Å². The van der Waals surface area contributed by atoms with Crippen LogP contribution in [0, 0.1) is 0 Å². The van der Waals surface area contributed by atoms with Gasteiger partial charge in [-0.05, 0) is 93.5 Å². The Kier molecular flexibility index (Phi) is 6.60. The Bertz CT molecular complexity index is 3090. The first-order chi connectivity index (χ1) is 26.5. The van der Waals surface area contributed by atoms with E-state index in [1.807, 2.05) is 18.2 Å². The summed E-state index contributed by atoms with van der Waals surface area (Å²) in [5.74, 6) is 0. The highest BCUT2D eigenvalue weighted by molar-refractivity contribution is 6.14. The van der Waals surface area contributed by atoms with Crippen LogP contribution in [0.1, 0.15) is 25.0 Å². The van der Waals surface area contributed by atoms with Gasteiger partial charge in [0.15, 0.2) is 0 Å². The number of furan rings is 2. The summed E-state index contributed by atoms with van der Waals surface area (Å²) < 4.78 is 13.0. The van der Waals surface area contributed by atoms with Crippen LogP contribution < -0.4 is 4.90 Å². The lowest BCUT2D eigenvalue weighted by Crippen LogP contribution is -2.17. The van der Waals surface area contributed by atoms with E-state index in [2.05, 4.69) is 176 Å². The standard InChI is InChI=1S/C51H35NO2/c1-51(2)42-18-9-6-15-37(42)38-28-25-35(31-43(38)51)52(44-19-12-22-48-50(44)41-17-8-11-21-47(41)53-48)45-29-33(32-13-4-3-5-14-32)23-26-36(45)34-24-27-40-39-16-7-10-20-46(39)54-49(40)30-34/h3-31H,1-2H3. The Balaban J connectivity index is 1.22. The molecular formula is C51H35NO2. The van der Waals surface area contributed by atoms with Crippen molar-refractivity contribution in [2.45, 2.75) is 19.3 Å². The molecule has 0 saturated heterocycles. The van der Waals surface area contributed by atoms with Crippen LogP contribution in [0.25, 0.3) is 77.3 Å². The summed E-state index contributed by atoms with van der Waals surface area (Å²) in [5.41, 5.74) is 16.3. The molecule has 3 heteroatoms. The minimum absolute atomic E-state index is 0.164. The van der Waals surface area contributed by atoms with E-state index >= 15 is 0 Å². The minimum Gasteiger partial charge on any atom is -0.456 e. The second-order valence-corrected chi connectivity index (χ2v) is 14.9. The molecule has 0 unspecified atom stereocenters. The highest BCUT2D eigenvalue weighted by atomic mass is 16.3. The van der Waals surface area contributed by atoms with Gasteiger partial charge in [-0.2, -0.15) is 0 Å². The van der Waals surface area contributed by atoms with Gasteiger partial charge in [0.2, 0.25) is 0 Å². The second kappa shape index (κ2) is 11.6. The van der Waals surface area contributed by atoms with Gasteiger partial charge in [0.1, 0.15) is 22.3 Å². The minimum atomic E-state index is -0.164. The van der Waals surface area contributed by atoms with Crippen LogP contribution in [0.5, 0.6) is 0 Å². The summed E-state index contributed by atoms with van der Waals surface area (Å²) in [4.78, 5) is 2.45. The fourth-order valence-corrected chi connectivity index (χ4v) is 8.85. The first kappa shape index (κ1) is 30.8. The lowest BCUT2D eigenvalue weighted by atomic mass is 9.82. The molecular weight excluding hydrogens is 659 g/mol. The average Bonchev–Trinajstić information content (AvgIpc) is 3.86. The van der Waals surface area contributed by atoms with Crippen LogP contribution in [0.3, 0.4) is 0 Å². The van der Waals surface area contributed by atoms with Crippen molar-refractivity contribution in [2.75, 3.05) is 4.90 Å². The summed E-state index contributed by atoms with van der Waals surface area (Å²) in [6.07, 6.45) is 0. The van der Waals surface area contributed by atoms with Crippen molar-refractivity contribution in [3.05, 3.63) is 187 Å². The van der Waals surface area contributed by atoms with Crippen LogP contribution in [-0.4, -0.2) is 0 Å². The van der Waals surface area contributed by atoms with E-state index in [0.717, 1.165) is 83.2 Å². The molecule has 0 atom stereocenters. The van der Waals surface area contributed by atoms with Gasteiger partial charge in [-0.3, -0.25) is 0 Å². The van der Waals surface area contributed by atoms with Gasteiger partial charge in [0.05, 0.1) is 16.8 Å². The van der Waals surface area contributed by atoms with Crippen molar-refractivity contribution < 1.29 is 8.83 Å². The monoisotopic (exact) mass is 693 g/mol. The number of para-hydroxylation sites is 2. The first-order valence-electron chi connectivity index (χ1n) is 18.6. The van der Waals surface area contributed by atoms with Gasteiger partial charge >= 0.3 is 0 Å². The van der Waals surface area contributed by atoms with Gasteiger partial charge in [0, 0.05) is 32.8 Å². The number of nitrogens with zero attached hydrogens (tertiary/aromatic N) is 1. The predicted octanol–water partition coefficient (Wildman–Crippen LogP) is 14.6. The van der Waals surface area contributed by atoms with Crippen LogP contribution in [0.4, 0.5) is 17.1 Å². The SMILES string of the molecule is CC1(C)c2ccccc2-c2ccc(N(c3cc(-c4ccccc4)ccc3-c3ccc4c(c3)oc3ccccc34)c3cccc4oc5ccccc5c34)cc21. The van der Waals surface area contributed by atoms with Gasteiger partial charge in [-0.1, -0.05) is 135 Å². The van der Waals surface area contributed by atoms with Gasteiger partial charge in [0.25, 0.3) is 0 Å². The molecule has 8 aromatic carbocycles. The Morgan fingerprint density at radius 2 is 1.04 bits per heavy atom. The van der Waals surface area contributed by atoms with E-state index in [1.54, 1.807) is 0 Å². The van der Waals surface area contributed by atoms with Crippen molar-refractivity contribution in [1.82, 2.24) is 0 Å². The molecule has 0 radical (unpaired) electrons. The summed E-state index contributed by atoms with van der Waals surface area (Å²) in [7, 11) is 0. The van der Waals surface area contributed by atoms with Crippen molar-refractivity contribution in [3.8, 4) is 33.4 Å². The number of benzene rings is 8. The summed E-state index contributed by atoms with van der Waals surface area (Å²) in [6.45, 7) is 4.69. The lowest BCUT2D eigenvalue weighted by molar-refractivity contribution is 0.660. The zero-order valence-corrected chi connectivity index (χ0v) is 30.0. The van der Waals surface area contributed by atoms with Crippen molar-refractivity contribution in [1.29, 1.82) is 0 Å². The molecule has 3 nitrogen and oxygen atoms in total. The lowest BCUT2D eigenvalue weighted by Gasteiger charge is -2.30. The fraction of sp³-hybridized carbons (Fsp3) is 0.0588. The fourth-order valence-electron chi connectivity index (χ4n) is 8.85. The maximum Gasteiger partial charge on any atom is 0.137 e. The third-order valence-electron chi connectivity index (χ3n) is 11.5. The highest BCUT2D eigenvalue weighted by Gasteiger charge is 2.36. The molecule has 0 saturated carbocycles. The maximum atomic E-state index is 6.51. The van der Waals surface area contributed by atoms with E-state index in [-0.39, 0.29) is 5.41 Å². The quantitative estimate of drug-likeness (QED) is 0.180. The Hall–Kier alpha value is -6.84. The molecule has 0 fully saturated rings. The topological polar surface area (TPSA) is 29.5 Å². The molecule has 0 spiro atoms. The molecule has 2 aromatic heterocycles. The van der Waals surface area contributed by atoms with Crippen molar-refractivity contribution in [3.63, 3.8) is 0 Å². The smallest absolute Gasteiger partial charge is 0.137 e. The third kappa shape index (κ3) is 4.55. The number of anilines is 3. The van der Waals surface area contributed by atoms with Crippen LogP contribution >= 0.6 is 0 Å². The molecule has 54 heavy (non-hydrogen) atoms. The van der Waals surface area contributed by atoms with E-state index in [1.165, 1.54) is 22.3 Å². The Labute approximate surface area is 313 Å². The summed E-state index contributed by atoms with van der Waals surface area (Å²) in [6, 6.07) is 63.1. The molecule has 1 aliphatic carbocycles. The van der Waals surface area contributed by atoms with Crippen LogP contribution in [0.2, 0.25) is 0 Å². The molecule has 1 aliphatic rings. The number of hydrogen-bond acceptors (Lipinski definition) is 3. The van der Waals surface area contributed by atoms with Gasteiger partial charge in [-0.25, -0.2) is 0 Å². The molecule has 0 amide bonds. The summed E-state index contributed by atoms with van der Waals surface area (Å²) in [5, 5.41) is 4.41. The molecule has 256 valence electrons. The van der Waals surface area contributed by atoms with E-state index in [0.29, 0.717) is 0 Å². The maximum absolute atomic E-state index is 6.51. The molecule has 0 aliphatic heterocycles. The second-order valence-electron chi connectivity index (χ2n) is 14.9. The normalized spacial score (nSPS) is 13.1. The van der Waals surface area contributed by atoms with Crippen molar-refractivity contribution in [2.24, 2.45) is 0 Å². The first-order valence-corrected chi connectivity index (χ1v) is 18.6. The Morgan fingerprint density at radius 1 is 0.389 bits per heavy atom. The third-order valence-corrected chi connectivity index (χ3v) is 11.5. The number of hydrogen-bond donors (Lipinski definition) is 0. The largest absolute Gasteiger partial charge is 0.456 e. The van der Waals surface area contributed by atoms with Crippen LogP contribution in [-0.2, 0) is 5.41 Å². The Morgan fingerprint density at radius 3 is 1.91 bits per heavy atom. The van der Waals surface area contributed by atoms with E-state index < -0.39 is 0 Å². The number of fused-ring (bicyclic) bond motifs is 9. The zero-order chi connectivity index (χ0) is 36.0. The summed E-state index contributed by atoms with van der Waals surface area (Å²) >= 11 is 0. The van der Waals surface area contributed by atoms with Gasteiger partial charge in [-0.15, -0.1) is 0 Å². The molecule has 11 rings (SSSR count). The highest BCUT2D eigenvalue weighted by Crippen LogP contribution is 2.53. The number of rotatable bonds is 5. The predicted molar refractivity (Wildman–Crippen MR) is 224 cm³/mol. The molecule has 10 aromatic rings. The zero-order valence-electron chi connectivity index (χ0n) is 30.0. The van der Waals surface area contributed by atoms with Crippen LogP contribution in [0.15, 0.2) is 185 Å². The molecule has 0 bridgehead atoms. The molecule has 0 N–H and O–H groups in total. The van der Waals surface area contributed by atoms with Gasteiger partial charge < -0.3 is 13.7 Å².